The molecule has 1 atom stereocenters. The Hall–Kier alpha value is -0.780. The monoisotopic (exact) mass is 174 g/mol. The summed E-state index contributed by atoms with van der Waals surface area (Å²) in [5, 5.41) is 0. The predicted octanol–water partition coefficient (Wildman–Crippen LogP) is 3.76. The smallest absolute Gasteiger partial charge is 0.0107 e. The van der Waals surface area contributed by atoms with Gasteiger partial charge in [-0.25, -0.2) is 0 Å². The Balaban J connectivity index is 2.39. The highest BCUT2D eigenvalue weighted by Gasteiger charge is 2.31. The average molecular weight is 174 g/mol. The largest absolute Gasteiger partial charge is 0.0620 e. The Kier molecular flexibility index (Phi) is 1.94. The summed E-state index contributed by atoms with van der Waals surface area (Å²) >= 11 is 0. The fourth-order valence-electron chi connectivity index (χ4n) is 2.46. The van der Waals surface area contributed by atoms with Crippen molar-refractivity contribution in [2.75, 3.05) is 0 Å². The van der Waals surface area contributed by atoms with Crippen molar-refractivity contribution in [3.63, 3.8) is 0 Å². The summed E-state index contributed by atoms with van der Waals surface area (Å²) < 4.78 is 0. The first-order valence-electron chi connectivity index (χ1n) is 5.17. The molecular formula is C13H18. The SMILES string of the molecule is CC(C)(C)[C@@H]1CCc2ccccc21. The molecule has 1 aliphatic carbocycles. The molecule has 1 aromatic rings. The van der Waals surface area contributed by atoms with E-state index in [0.29, 0.717) is 5.41 Å². The lowest BCUT2D eigenvalue weighted by Crippen LogP contribution is -2.15. The van der Waals surface area contributed by atoms with Crippen LogP contribution in [0.15, 0.2) is 24.3 Å². The topological polar surface area (TPSA) is 0 Å². The Morgan fingerprint density at radius 1 is 1.15 bits per heavy atom. The number of fused-ring (bicyclic) bond motifs is 1. The van der Waals surface area contributed by atoms with Gasteiger partial charge in [0.2, 0.25) is 0 Å². The fraction of sp³-hybridized carbons (Fsp3) is 0.538. The van der Waals surface area contributed by atoms with Crippen LogP contribution in [0.25, 0.3) is 0 Å². The van der Waals surface area contributed by atoms with Crippen LogP contribution >= 0.6 is 0 Å². The first-order valence-corrected chi connectivity index (χ1v) is 5.17. The van der Waals surface area contributed by atoms with Crippen LogP contribution in [-0.4, -0.2) is 0 Å². The van der Waals surface area contributed by atoms with Crippen LogP contribution in [0.1, 0.15) is 44.2 Å². The van der Waals surface area contributed by atoms with Crippen LogP contribution in [0, 0.1) is 5.41 Å². The van der Waals surface area contributed by atoms with E-state index in [0.717, 1.165) is 5.92 Å². The summed E-state index contributed by atoms with van der Waals surface area (Å²) in [6, 6.07) is 8.91. The molecule has 0 radical (unpaired) electrons. The maximum atomic E-state index is 2.35. The van der Waals surface area contributed by atoms with Gasteiger partial charge in [-0.1, -0.05) is 45.0 Å². The highest BCUT2D eigenvalue weighted by Crippen LogP contribution is 2.44. The quantitative estimate of drug-likeness (QED) is 0.561. The number of aryl methyl sites for hydroxylation is 1. The van der Waals surface area contributed by atoms with E-state index in [4.69, 9.17) is 0 Å². The van der Waals surface area contributed by atoms with Crippen LogP contribution in [0.5, 0.6) is 0 Å². The molecule has 1 aliphatic rings. The van der Waals surface area contributed by atoms with Gasteiger partial charge >= 0.3 is 0 Å². The van der Waals surface area contributed by atoms with Gasteiger partial charge < -0.3 is 0 Å². The van der Waals surface area contributed by atoms with Crippen molar-refractivity contribution in [3.8, 4) is 0 Å². The third-order valence-corrected chi connectivity index (χ3v) is 3.18. The lowest BCUT2D eigenvalue weighted by atomic mass is 9.77. The van der Waals surface area contributed by atoms with Gasteiger partial charge in [-0.2, -0.15) is 0 Å². The van der Waals surface area contributed by atoms with E-state index < -0.39 is 0 Å². The molecule has 0 saturated heterocycles. The number of hydrogen-bond acceptors (Lipinski definition) is 0. The Labute approximate surface area is 81.0 Å². The molecule has 0 heteroatoms. The molecule has 0 amide bonds. The summed E-state index contributed by atoms with van der Waals surface area (Å²) in [7, 11) is 0. The van der Waals surface area contributed by atoms with Crippen molar-refractivity contribution in [3.05, 3.63) is 35.4 Å². The molecule has 0 aliphatic heterocycles. The van der Waals surface area contributed by atoms with Crippen molar-refractivity contribution >= 4 is 0 Å². The standard InChI is InChI=1S/C13H18/c1-13(2,3)12-9-8-10-6-4-5-7-11(10)12/h4-7,12H,8-9H2,1-3H3/t12-/m1/s1. The molecule has 70 valence electrons. The summed E-state index contributed by atoms with van der Waals surface area (Å²) in [4.78, 5) is 0. The number of rotatable bonds is 0. The molecule has 0 heterocycles. The van der Waals surface area contributed by atoms with Gasteiger partial charge in [-0.3, -0.25) is 0 Å². The van der Waals surface area contributed by atoms with Gasteiger partial charge in [-0.05, 0) is 35.3 Å². The third-order valence-electron chi connectivity index (χ3n) is 3.18. The first-order chi connectivity index (χ1) is 6.09. The second-order valence-corrected chi connectivity index (χ2v) is 5.16. The number of hydrogen-bond donors (Lipinski definition) is 0. The lowest BCUT2D eigenvalue weighted by molar-refractivity contribution is 0.319. The molecule has 0 unspecified atom stereocenters. The maximum absolute atomic E-state index is 2.35. The van der Waals surface area contributed by atoms with Crippen molar-refractivity contribution in [2.45, 2.75) is 39.5 Å². The van der Waals surface area contributed by atoms with Crippen molar-refractivity contribution in [1.29, 1.82) is 0 Å². The van der Waals surface area contributed by atoms with Gasteiger partial charge in [0.1, 0.15) is 0 Å². The van der Waals surface area contributed by atoms with Gasteiger partial charge in [0, 0.05) is 0 Å². The summed E-state index contributed by atoms with van der Waals surface area (Å²) in [5.74, 6) is 0.767. The van der Waals surface area contributed by atoms with E-state index in [1.165, 1.54) is 12.8 Å². The van der Waals surface area contributed by atoms with Crippen LogP contribution in [0.3, 0.4) is 0 Å². The van der Waals surface area contributed by atoms with E-state index in [-0.39, 0.29) is 0 Å². The summed E-state index contributed by atoms with van der Waals surface area (Å²) in [6.45, 7) is 7.04. The van der Waals surface area contributed by atoms with Crippen LogP contribution < -0.4 is 0 Å². The highest BCUT2D eigenvalue weighted by atomic mass is 14.4. The van der Waals surface area contributed by atoms with Crippen molar-refractivity contribution in [2.24, 2.45) is 5.41 Å². The minimum absolute atomic E-state index is 0.423. The minimum atomic E-state index is 0.423. The summed E-state index contributed by atoms with van der Waals surface area (Å²) in [5.41, 5.74) is 3.59. The molecule has 0 saturated carbocycles. The summed E-state index contributed by atoms with van der Waals surface area (Å²) in [6.07, 6.45) is 2.61. The molecule has 0 N–H and O–H groups in total. The predicted molar refractivity (Wildman–Crippen MR) is 57.0 cm³/mol. The van der Waals surface area contributed by atoms with E-state index in [1.54, 1.807) is 11.1 Å². The lowest BCUT2D eigenvalue weighted by Gasteiger charge is -2.27. The normalized spacial score (nSPS) is 21.6. The van der Waals surface area contributed by atoms with E-state index in [1.807, 2.05) is 0 Å². The Morgan fingerprint density at radius 2 is 1.85 bits per heavy atom. The van der Waals surface area contributed by atoms with E-state index >= 15 is 0 Å². The molecule has 0 aromatic heterocycles. The second kappa shape index (κ2) is 2.87. The van der Waals surface area contributed by atoms with Gasteiger partial charge in [0.15, 0.2) is 0 Å². The Bertz CT molecular complexity index is 304. The molecular weight excluding hydrogens is 156 g/mol. The van der Waals surface area contributed by atoms with Crippen molar-refractivity contribution in [1.82, 2.24) is 0 Å². The Morgan fingerprint density at radius 3 is 2.54 bits per heavy atom. The molecule has 0 nitrogen and oxygen atoms in total. The van der Waals surface area contributed by atoms with E-state index in [9.17, 15) is 0 Å². The van der Waals surface area contributed by atoms with Crippen LogP contribution in [-0.2, 0) is 6.42 Å². The first kappa shape index (κ1) is 8.80. The average Bonchev–Trinajstić information content (AvgIpc) is 2.45. The highest BCUT2D eigenvalue weighted by molar-refractivity contribution is 5.35. The van der Waals surface area contributed by atoms with E-state index in [2.05, 4.69) is 45.0 Å². The van der Waals surface area contributed by atoms with Crippen LogP contribution in [0.2, 0.25) is 0 Å². The molecule has 0 bridgehead atoms. The number of benzene rings is 1. The van der Waals surface area contributed by atoms with Gasteiger partial charge in [0.25, 0.3) is 0 Å². The third kappa shape index (κ3) is 1.50. The second-order valence-electron chi connectivity index (χ2n) is 5.16. The molecule has 0 spiro atoms. The maximum Gasteiger partial charge on any atom is -0.0107 e. The fourth-order valence-corrected chi connectivity index (χ4v) is 2.46. The van der Waals surface area contributed by atoms with Gasteiger partial charge in [-0.15, -0.1) is 0 Å². The zero-order chi connectivity index (χ0) is 9.47. The minimum Gasteiger partial charge on any atom is -0.0620 e. The zero-order valence-electron chi connectivity index (χ0n) is 8.80. The zero-order valence-corrected chi connectivity index (χ0v) is 8.80. The molecule has 13 heavy (non-hydrogen) atoms. The molecule has 1 aromatic carbocycles. The van der Waals surface area contributed by atoms with Crippen LogP contribution in [0.4, 0.5) is 0 Å². The van der Waals surface area contributed by atoms with Gasteiger partial charge in [0.05, 0.1) is 0 Å². The molecule has 2 rings (SSSR count). The molecule has 0 fully saturated rings. The van der Waals surface area contributed by atoms with Crippen molar-refractivity contribution < 1.29 is 0 Å².